The summed E-state index contributed by atoms with van der Waals surface area (Å²) in [5.41, 5.74) is 2.50. The van der Waals surface area contributed by atoms with Gasteiger partial charge in [-0.3, -0.25) is 14.6 Å². The molecule has 1 N–H and O–H groups in total. The van der Waals surface area contributed by atoms with E-state index in [9.17, 15) is 4.79 Å². The molecule has 1 aliphatic heterocycles. The zero-order valence-corrected chi connectivity index (χ0v) is 13.7. The number of aromatic nitrogens is 4. The fraction of sp³-hybridized carbons (Fsp3) is 0.353. The summed E-state index contributed by atoms with van der Waals surface area (Å²) in [5, 5.41) is 11.0. The average Bonchev–Trinajstić information content (AvgIpc) is 3.26. The van der Waals surface area contributed by atoms with E-state index in [0.717, 1.165) is 17.7 Å². The molecule has 0 spiro atoms. The molecule has 7 heteroatoms. The van der Waals surface area contributed by atoms with Crippen LogP contribution in [0.5, 0.6) is 5.88 Å². The molecule has 0 atom stereocenters. The maximum absolute atomic E-state index is 12.4. The Labute approximate surface area is 140 Å². The number of H-pyrrole nitrogens is 1. The summed E-state index contributed by atoms with van der Waals surface area (Å²) in [6.07, 6.45) is 6.39. The van der Waals surface area contributed by atoms with E-state index in [1.807, 2.05) is 10.7 Å². The second-order valence-corrected chi connectivity index (χ2v) is 5.57. The topological polar surface area (TPSA) is 76.0 Å². The number of aromatic amines is 1. The lowest BCUT2D eigenvalue weighted by atomic mass is 10.2. The summed E-state index contributed by atoms with van der Waals surface area (Å²) in [6.45, 7) is 8.08. The zero-order valence-electron chi connectivity index (χ0n) is 13.7. The lowest BCUT2D eigenvalue weighted by Gasteiger charge is -2.26. The summed E-state index contributed by atoms with van der Waals surface area (Å²) in [5.74, 6) is 0.520. The van der Waals surface area contributed by atoms with Crippen molar-refractivity contribution in [1.82, 2.24) is 24.9 Å². The predicted octanol–water partition coefficient (Wildman–Crippen LogP) is 2.16. The Morgan fingerprint density at radius 1 is 1.50 bits per heavy atom. The van der Waals surface area contributed by atoms with E-state index in [1.54, 1.807) is 23.2 Å². The number of nitrogens with one attached hydrogen (secondary N) is 1. The molecule has 0 bridgehead atoms. The first-order valence-corrected chi connectivity index (χ1v) is 8.01. The minimum Gasteiger partial charge on any atom is -0.472 e. The summed E-state index contributed by atoms with van der Waals surface area (Å²) < 4.78 is 7.63. The van der Waals surface area contributed by atoms with Crippen LogP contribution in [-0.4, -0.2) is 43.9 Å². The number of carbonyl (C=O) groups is 1. The lowest BCUT2D eigenvalue weighted by Crippen LogP contribution is -2.38. The number of carbonyl (C=O) groups excluding carboxylic acids is 1. The molecule has 2 aromatic heterocycles. The molecule has 0 saturated heterocycles. The summed E-state index contributed by atoms with van der Waals surface area (Å²) >= 11 is 0. The first-order chi connectivity index (χ1) is 11.7. The molecule has 3 rings (SSSR count). The van der Waals surface area contributed by atoms with Crippen molar-refractivity contribution in [3.8, 4) is 5.88 Å². The highest BCUT2D eigenvalue weighted by Crippen LogP contribution is 2.19. The molecule has 0 fully saturated rings. The Morgan fingerprint density at radius 3 is 3.08 bits per heavy atom. The van der Waals surface area contributed by atoms with Crippen LogP contribution in [0.15, 0.2) is 42.6 Å². The van der Waals surface area contributed by atoms with Crippen LogP contribution in [0, 0.1) is 0 Å². The van der Waals surface area contributed by atoms with Crippen molar-refractivity contribution in [2.45, 2.75) is 26.4 Å². The second-order valence-electron chi connectivity index (χ2n) is 5.57. The van der Waals surface area contributed by atoms with Crippen molar-refractivity contribution in [3.05, 3.63) is 54.0 Å². The number of allylic oxidation sites excluding steroid dienone is 1. The molecule has 1 aliphatic rings. The average molecular weight is 327 g/mol. The number of ether oxygens (including phenoxy) is 1. The van der Waals surface area contributed by atoms with Gasteiger partial charge in [-0.1, -0.05) is 25.7 Å². The molecular weight excluding hydrogens is 306 g/mol. The third kappa shape index (κ3) is 3.40. The summed E-state index contributed by atoms with van der Waals surface area (Å²) in [6, 6.07) is 3.57. The van der Waals surface area contributed by atoms with Gasteiger partial charge >= 0.3 is 0 Å². The molecule has 0 aliphatic carbocycles. The zero-order chi connectivity index (χ0) is 16.9. The van der Waals surface area contributed by atoms with Gasteiger partial charge in [0.15, 0.2) is 0 Å². The number of hydrogen-bond acceptors (Lipinski definition) is 4. The van der Waals surface area contributed by atoms with Gasteiger partial charge < -0.3 is 9.64 Å². The van der Waals surface area contributed by atoms with Crippen LogP contribution in [0.1, 0.15) is 29.5 Å². The van der Waals surface area contributed by atoms with Crippen LogP contribution in [0.4, 0.5) is 0 Å². The van der Waals surface area contributed by atoms with Crippen LogP contribution in [0.3, 0.4) is 0 Å². The van der Waals surface area contributed by atoms with Gasteiger partial charge in [0.1, 0.15) is 12.3 Å². The molecular formula is C17H21N5O2. The van der Waals surface area contributed by atoms with E-state index in [4.69, 9.17) is 4.74 Å². The van der Waals surface area contributed by atoms with Crippen LogP contribution >= 0.6 is 0 Å². The summed E-state index contributed by atoms with van der Waals surface area (Å²) in [4.78, 5) is 14.2. The van der Waals surface area contributed by atoms with Crippen LogP contribution < -0.4 is 4.74 Å². The van der Waals surface area contributed by atoms with Crippen LogP contribution in [0.2, 0.25) is 0 Å². The van der Waals surface area contributed by atoms with E-state index >= 15 is 0 Å². The first-order valence-electron chi connectivity index (χ1n) is 8.01. The monoisotopic (exact) mass is 327 g/mol. The lowest BCUT2D eigenvalue weighted by molar-refractivity contribution is 0.0700. The standard InChI is InChI=1S/C17H21N5O2/c1-3-5-13(4-2)12-24-16-10-14-11-21(8-9-22(14)20-16)17(23)15-6-7-18-19-15/h4-7,10H,2-3,8-9,11-12H2,1H3,(H,18,19)/b13-5+. The molecule has 24 heavy (non-hydrogen) atoms. The van der Waals surface area contributed by atoms with Crippen LogP contribution in [-0.2, 0) is 13.1 Å². The third-order valence-electron chi connectivity index (χ3n) is 3.91. The Bertz CT molecular complexity index is 745. The van der Waals surface area contributed by atoms with E-state index in [2.05, 4.69) is 34.9 Å². The highest BCUT2D eigenvalue weighted by atomic mass is 16.5. The number of amides is 1. The van der Waals surface area contributed by atoms with Gasteiger partial charge in [-0.15, -0.1) is 5.10 Å². The molecule has 0 aromatic carbocycles. The summed E-state index contributed by atoms with van der Waals surface area (Å²) in [7, 11) is 0. The van der Waals surface area contributed by atoms with Crippen molar-refractivity contribution in [2.75, 3.05) is 13.2 Å². The maximum atomic E-state index is 12.4. The van der Waals surface area contributed by atoms with Crippen LogP contribution in [0.25, 0.3) is 0 Å². The largest absolute Gasteiger partial charge is 0.472 e. The third-order valence-corrected chi connectivity index (χ3v) is 3.91. The molecule has 0 unspecified atom stereocenters. The fourth-order valence-electron chi connectivity index (χ4n) is 2.65. The number of hydrogen-bond donors (Lipinski definition) is 1. The Hall–Kier alpha value is -2.83. The molecule has 0 saturated carbocycles. The van der Waals surface area contributed by atoms with Gasteiger partial charge in [0.25, 0.3) is 5.91 Å². The highest BCUT2D eigenvalue weighted by molar-refractivity contribution is 5.92. The highest BCUT2D eigenvalue weighted by Gasteiger charge is 2.24. The SMILES string of the molecule is C=C/C(=C\CC)COc1cc2n(n1)CCN(C(=O)c1ccn[nH]1)C2. The van der Waals surface area contributed by atoms with E-state index in [0.29, 0.717) is 37.8 Å². The predicted molar refractivity (Wildman–Crippen MR) is 89.6 cm³/mol. The van der Waals surface area contributed by atoms with Gasteiger partial charge in [0, 0.05) is 18.8 Å². The van der Waals surface area contributed by atoms with Gasteiger partial charge in [0.2, 0.25) is 5.88 Å². The minimum absolute atomic E-state index is 0.0535. The minimum atomic E-state index is -0.0535. The quantitative estimate of drug-likeness (QED) is 0.825. The van der Waals surface area contributed by atoms with Crippen molar-refractivity contribution in [1.29, 1.82) is 0 Å². The van der Waals surface area contributed by atoms with Gasteiger partial charge in [-0.05, 0) is 18.1 Å². The van der Waals surface area contributed by atoms with Crippen molar-refractivity contribution >= 4 is 5.91 Å². The first kappa shape index (κ1) is 16.0. The fourth-order valence-corrected chi connectivity index (χ4v) is 2.65. The van der Waals surface area contributed by atoms with Gasteiger partial charge in [-0.2, -0.15) is 5.10 Å². The number of rotatable bonds is 6. The van der Waals surface area contributed by atoms with E-state index in [1.165, 1.54) is 0 Å². The second kappa shape index (κ2) is 7.16. The molecule has 0 radical (unpaired) electrons. The van der Waals surface area contributed by atoms with Crippen molar-refractivity contribution in [2.24, 2.45) is 0 Å². The van der Waals surface area contributed by atoms with E-state index in [-0.39, 0.29) is 5.91 Å². The Morgan fingerprint density at radius 2 is 2.38 bits per heavy atom. The molecule has 3 heterocycles. The van der Waals surface area contributed by atoms with Crippen molar-refractivity contribution in [3.63, 3.8) is 0 Å². The molecule has 7 nitrogen and oxygen atoms in total. The molecule has 126 valence electrons. The Kier molecular flexibility index (Phi) is 4.79. The number of fused-ring (bicyclic) bond motifs is 1. The molecule has 1 amide bonds. The maximum Gasteiger partial charge on any atom is 0.272 e. The van der Waals surface area contributed by atoms with E-state index < -0.39 is 0 Å². The van der Waals surface area contributed by atoms with Gasteiger partial charge in [-0.25, -0.2) is 0 Å². The Balaban J connectivity index is 1.65. The van der Waals surface area contributed by atoms with Gasteiger partial charge in [0.05, 0.1) is 18.8 Å². The van der Waals surface area contributed by atoms with Crippen molar-refractivity contribution < 1.29 is 9.53 Å². The smallest absolute Gasteiger partial charge is 0.272 e. The normalized spacial score (nSPS) is 14.4. The number of nitrogens with zero attached hydrogens (tertiary/aromatic N) is 4. The molecule has 2 aromatic rings.